The smallest absolute Gasteiger partial charge is 0.267 e. The van der Waals surface area contributed by atoms with Crippen LogP contribution < -0.4 is 5.32 Å². The SMILES string of the molecule is CCS(=O)(=O)c1ccc(O)c(NC(=O)c2sc(C(C)C)nc2C)c1. The van der Waals surface area contributed by atoms with Crippen LogP contribution in [-0.2, 0) is 9.84 Å². The van der Waals surface area contributed by atoms with Gasteiger partial charge in [-0.05, 0) is 25.1 Å². The molecule has 0 aliphatic heterocycles. The van der Waals surface area contributed by atoms with Crippen LogP contribution in [0.3, 0.4) is 0 Å². The Hall–Kier alpha value is -1.93. The van der Waals surface area contributed by atoms with Gasteiger partial charge >= 0.3 is 0 Å². The molecule has 0 saturated carbocycles. The zero-order chi connectivity index (χ0) is 18.1. The summed E-state index contributed by atoms with van der Waals surface area (Å²) in [5.74, 6) is -0.457. The average Bonchev–Trinajstić information content (AvgIpc) is 2.91. The van der Waals surface area contributed by atoms with E-state index in [0.29, 0.717) is 10.6 Å². The third-order valence-corrected chi connectivity index (χ3v) is 6.66. The summed E-state index contributed by atoms with van der Waals surface area (Å²) in [5.41, 5.74) is 0.673. The van der Waals surface area contributed by atoms with E-state index in [-0.39, 0.29) is 28.0 Å². The molecule has 0 spiro atoms. The van der Waals surface area contributed by atoms with Crippen molar-refractivity contribution in [1.29, 1.82) is 0 Å². The van der Waals surface area contributed by atoms with E-state index in [0.717, 1.165) is 5.01 Å². The number of hydrogen-bond donors (Lipinski definition) is 2. The molecule has 24 heavy (non-hydrogen) atoms. The number of phenols is 1. The second-order valence-electron chi connectivity index (χ2n) is 5.66. The van der Waals surface area contributed by atoms with E-state index < -0.39 is 15.7 Å². The second-order valence-corrected chi connectivity index (χ2v) is 8.97. The maximum atomic E-state index is 12.5. The van der Waals surface area contributed by atoms with Gasteiger partial charge in [0.15, 0.2) is 9.84 Å². The van der Waals surface area contributed by atoms with Crippen molar-refractivity contribution in [3.63, 3.8) is 0 Å². The van der Waals surface area contributed by atoms with E-state index in [9.17, 15) is 18.3 Å². The first-order valence-electron chi connectivity index (χ1n) is 7.50. The monoisotopic (exact) mass is 368 g/mol. The van der Waals surface area contributed by atoms with Crippen molar-refractivity contribution in [3.8, 4) is 5.75 Å². The Balaban J connectivity index is 2.34. The van der Waals surface area contributed by atoms with Crippen molar-refractivity contribution in [2.24, 2.45) is 0 Å². The Labute approximate surface area is 145 Å². The number of benzene rings is 1. The molecule has 2 aromatic rings. The molecule has 0 fully saturated rings. The van der Waals surface area contributed by atoms with Crippen molar-refractivity contribution in [2.45, 2.75) is 38.5 Å². The van der Waals surface area contributed by atoms with Crippen LogP contribution in [0.2, 0.25) is 0 Å². The van der Waals surface area contributed by atoms with Gasteiger partial charge in [-0.25, -0.2) is 13.4 Å². The summed E-state index contributed by atoms with van der Waals surface area (Å²) in [5, 5.41) is 13.3. The molecule has 0 bridgehead atoms. The van der Waals surface area contributed by atoms with E-state index in [1.807, 2.05) is 13.8 Å². The molecule has 6 nitrogen and oxygen atoms in total. The standard InChI is InChI=1S/C16H20N2O4S2/c1-5-24(21,22)11-6-7-13(19)12(8-11)18-15(20)14-10(4)17-16(23-14)9(2)3/h6-9,19H,5H2,1-4H3,(H,18,20). The highest BCUT2D eigenvalue weighted by Crippen LogP contribution is 2.29. The zero-order valence-electron chi connectivity index (χ0n) is 14.0. The lowest BCUT2D eigenvalue weighted by Crippen LogP contribution is -2.12. The fourth-order valence-corrected chi connectivity index (χ4v) is 3.90. The lowest BCUT2D eigenvalue weighted by atomic mass is 10.2. The summed E-state index contributed by atoms with van der Waals surface area (Å²) >= 11 is 1.29. The van der Waals surface area contributed by atoms with Crippen molar-refractivity contribution in [3.05, 3.63) is 33.8 Å². The van der Waals surface area contributed by atoms with Crippen molar-refractivity contribution < 1.29 is 18.3 Å². The Bertz CT molecular complexity index is 870. The first-order valence-corrected chi connectivity index (χ1v) is 9.97. The summed E-state index contributed by atoms with van der Waals surface area (Å²) in [4.78, 5) is 17.3. The number of anilines is 1. The predicted octanol–water partition coefficient (Wildman–Crippen LogP) is 3.33. The summed E-state index contributed by atoms with van der Waals surface area (Å²) in [6.45, 7) is 7.26. The summed E-state index contributed by atoms with van der Waals surface area (Å²) in [7, 11) is -3.43. The van der Waals surface area contributed by atoms with Crippen LogP contribution in [-0.4, -0.2) is 30.2 Å². The van der Waals surface area contributed by atoms with Gasteiger partial charge in [0.05, 0.1) is 27.0 Å². The lowest BCUT2D eigenvalue weighted by Gasteiger charge is -2.09. The minimum Gasteiger partial charge on any atom is -0.506 e. The molecular formula is C16H20N2O4S2. The van der Waals surface area contributed by atoms with Crippen LogP contribution >= 0.6 is 11.3 Å². The van der Waals surface area contributed by atoms with Gasteiger partial charge in [0, 0.05) is 5.92 Å². The first-order chi connectivity index (χ1) is 11.2. The number of nitrogens with zero attached hydrogens (tertiary/aromatic N) is 1. The maximum absolute atomic E-state index is 12.5. The largest absolute Gasteiger partial charge is 0.506 e. The van der Waals surface area contributed by atoms with Crippen LogP contribution in [0.25, 0.3) is 0 Å². The number of carbonyl (C=O) groups excluding carboxylic acids is 1. The number of nitrogens with one attached hydrogen (secondary N) is 1. The molecule has 1 aromatic heterocycles. The lowest BCUT2D eigenvalue weighted by molar-refractivity contribution is 0.102. The van der Waals surface area contributed by atoms with Gasteiger partial charge in [0.2, 0.25) is 0 Å². The number of amides is 1. The molecule has 2 N–H and O–H groups in total. The van der Waals surface area contributed by atoms with Crippen LogP contribution in [0.4, 0.5) is 5.69 Å². The Kier molecular flexibility index (Phi) is 5.29. The number of aromatic hydroxyl groups is 1. The van der Waals surface area contributed by atoms with Crippen molar-refractivity contribution in [1.82, 2.24) is 4.98 Å². The minimum absolute atomic E-state index is 0.0574. The highest BCUT2D eigenvalue weighted by molar-refractivity contribution is 7.91. The van der Waals surface area contributed by atoms with Crippen molar-refractivity contribution >= 4 is 32.8 Å². The Morgan fingerprint density at radius 1 is 1.38 bits per heavy atom. The van der Waals surface area contributed by atoms with Crippen molar-refractivity contribution in [2.75, 3.05) is 11.1 Å². The number of phenolic OH excluding ortho intramolecular Hbond substituents is 1. The molecule has 130 valence electrons. The van der Waals surface area contributed by atoms with E-state index in [1.54, 1.807) is 6.92 Å². The summed E-state index contributed by atoms with van der Waals surface area (Å²) < 4.78 is 23.9. The third-order valence-electron chi connectivity index (χ3n) is 3.47. The topological polar surface area (TPSA) is 96.4 Å². The normalized spacial score (nSPS) is 11.7. The first kappa shape index (κ1) is 18.4. The summed E-state index contributed by atoms with van der Waals surface area (Å²) in [6.07, 6.45) is 0. The van der Waals surface area contributed by atoms with Crippen LogP contribution in [0.5, 0.6) is 5.75 Å². The highest BCUT2D eigenvalue weighted by Gasteiger charge is 2.19. The fraction of sp³-hybridized carbons (Fsp3) is 0.375. The van der Waals surface area contributed by atoms with Gasteiger partial charge in [0.25, 0.3) is 5.91 Å². The van der Waals surface area contributed by atoms with Crippen LogP contribution in [0.15, 0.2) is 23.1 Å². The predicted molar refractivity (Wildman–Crippen MR) is 94.7 cm³/mol. The molecule has 0 aliphatic rings. The Morgan fingerprint density at radius 3 is 2.58 bits per heavy atom. The van der Waals surface area contributed by atoms with Crippen LogP contribution in [0.1, 0.15) is 47.1 Å². The molecule has 0 saturated heterocycles. The van der Waals surface area contributed by atoms with Gasteiger partial charge < -0.3 is 10.4 Å². The van der Waals surface area contributed by atoms with E-state index in [1.165, 1.54) is 36.5 Å². The molecule has 1 aromatic carbocycles. The van der Waals surface area contributed by atoms with E-state index in [4.69, 9.17) is 0 Å². The Morgan fingerprint density at radius 2 is 2.04 bits per heavy atom. The average molecular weight is 368 g/mol. The molecular weight excluding hydrogens is 348 g/mol. The molecule has 0 radical (unpaired) electrons. The quantitative estimate of drug-likeness (QED) is 0.789. The molecule has 0 aliphatic carbocycles. The van der Waals surface area contributed by atoms with Gasteiger partial charge in [-0.1, -0.05) is 20.8 Å². The second kappa shape index (κ2) is 6.90. The number of sulfone groups is 1. The molecule has 0 unspecified atom stereocenters. The number of aromatic nitrogens is 1. The number of carbonyl (C=O) groups is 1. The number of aryl methyl sites for hydroxylation is 1. The molecule has 0 atom stereocenters. The van der Waals surface area contributed by atoms with E-state index >= 15 is 0 Å². The molecule has 1 heterocycles. The van der Waals surface area contributed by atoms with Gasteiger partial charge in [-0.3, -0.25) is 4.79 Å². The van der Waals surface area contributed by atoms with E-state index in [2.05, 4.69) is 10.3 Å². The summed E-state index contributed by atoms with van der Waals surface area (Å²) in [6, 6.07) is 3.85. The maximum Gasteiger partial charge on any atom is 0.267 e. The fourth-order valence-electron chi connectivity index (χ4n) is 2.03. The zero-order valence-corrected chi connectivity index (χ0v) is 15.6. The number of hydrogen-bond acceptors (Lipinski definition) is 6. The highest BCUT2D eigenvalue weighted by atomic mass is 32.2. The van der Waals surface area contributed by atoms with Gasteiger partial charge in [-0.2, -0.15) is 0 Å². The van der Waals surface area contributed by atoms with Gasteiger partial charge in [-0.15, -0.1) is 11.3 Å². The van der Waals surface area contributed by atoms with Gasteiger partial charge in [0.1, 0.15) is 10.6 Å². The number of rotatable bonds is 5. The number of thiazole rings is 1. The molecule has 1 amide bonds. The van der Waals surface area contributed by atoms with Crippen LogP contribution in [0, 0.1) is 6.92 Å². The third kappa shape index (κ3) is 3.76. The molecule has 2 rings (SSSR count). The minimum atomic E-state index is -3.43. The molecule has 8 heteroatoms.